The van der Waals surface area contributed by atoms with E-state index >= 15 is 0 Å². The van der Waals surface area contributed by atoms with Crippen LogP contribution in [-0.4, -0.2) is 51.8 Å². The van der Waals surface area contributed by atoms with Crippen LogP contribution in [0, 0.1) is 13.8 Å². The van der Waals surface area contributed by atoms with Crippen LogP contribution < -0.4 is 4.90 Å². The Kier molecular flexibility index (Phi) is 6.19. The number of alkyl halides is 2. The summed E-state index contributed by atoms with van der Waals surface area (Å²) < 4.78 is 29.5. The van der Waals surface area contributed by atoms with Crippen molar-refractivity contribution in [1.82, 2.24) is 19.7 Å². The molecule has 0 N–H and O–H groups in total. The van der Waals surface area contributed by atoms with Gasteiger partial charge in [-0.05, 0) is 37.6 Å². The number of hydrogen-bond donors (Lipinski definition) is 0. The van der Waals surface area contributed by atoms with Crippen LogP contribution in [-0.2, 0) is 17.1 Å². The number of rotatable bonds is 5. The van der Waals surface area contributed by atoms with Crippen molar-refractivity contribution in [3.05, 3.63) is 70.7 Å². The Balaban J connectivity index is 1.69. The van der Waals surface area contributed by atoms with E-state index in [0.717, 1.165) is 48.3 Å². The maximum Gasteiger partial charge on any atom is 0.270 e. The zero-order chi connectivity index (χ0) is 23.8. The Morgan fingerprint density at radius 2 is 1.79 bits per heavy atom. The summed E-state index contributed by atoms with van der Waals surface area (Å²) in [5.74, 6) is -2.11. The summed E-state index contributed by atoms with van der Waals surface area (Å²) in [6, 6.07) is 12.5. The number of carbonyl (C=O) groups is 1. The van der Waals surface area contributed by atoms with Gasteiger partial charge in [-0.15, -0.1) is 0 Å². The Labute approximate surface area is 192 Å². The molecule has 0 atom stereocenters. The zero-order valence-corrected chi connectivity index (χ0v) is 19.5. The number of piperazine rings is 1. The van der Waals surface area contributed by atoms with Gasteiger partial charge in [-0.2, -0.15) is 5.10 Å². The molecule has 0 radical (unpaired) electrons. The van der Waals surface area contributed by atoms with Crippen LogP contribution >= 0.6 is 0 Å². The number of nitrogens with zero attached hydrogens (tertiary/aromatic N) is 5. The normalized spacial score (nSPS) is 14.6. The smallest absolute Gasteiger partial charge is 0.270 e. The molecule has 1 aromatic carbocycles. The van der Waals surface area contributed by atoms with E-state index in [4.69, 9.17) is 4.98 Å². The van der Waals surface area contributed by atoms with Crippen molar-refractivity contribution in [2.75, 3.05) is 31.1 Å². The van der Waals surface area contributed by atoms with Crippen molar-refractivity contribution < 1.29 is 13.6 Å². The predicted molar refractivity (Wildman–Crippen MR) is 124 cm³/mol. The molecular weight excluding hydrogens is 424 g/mol. The fraction of sp³-hybridized carbons (Fsp3) is 0.400. The first-order valence-corrected chi connectivity index (χ1v) is 11.1. The summed E-state index contributed by atoms with van der Waals surface area (Å²) in [5, 5.41) is 4.58. The number of aromatic nitrogens is 3. The van der Waals surface area contributed by atoms with E-state index in [2.05, 4.69) is 10.00 Å². The van der Waals surface area contributed by atoms with Crippen LogP contribution in [0.1, 0.15) is 42.1 Å². The van der Waals surface area contributed by atoms with E-state index < -0.39 is 5.92 Å². The largest absolute Gasteiger partial charge is 0.368 e. The second-order valence-corrected chi connectivity index (χ2v) is 8.77. The van der Waals surface area contributed by atoms with Crippen LogP contribution in [0.3, 0.4) is 0 Å². The third-order valence-corrected chi connectivity index (χ3v) is 5.99. The van der Waals surface area contributed by atoms with E-state index in [1.807, 2.05) is 47.7 Å². The fourth-order valence-corrected chi connectivity index (χ4v) is 4.24. The molecule has 33 heavy (non-hydrogen) atoms. The van der Waals surface area contributed by atoms with Crippen LogP contribution in [0.15, 0.2) is 42.5 Å². The molecule has 4 rings (SSSR count). The number of benzene rings is 1. The first-order valence-electron chi connectivity index (χ1n) is 11.1. The third-order valence-electron chi connectivity index (χ3n) is 5.99. The summed E-state index contributed by atoms with van der Waals surface area (Å²) in [5.41, 5.74) is 4.41. The third kappa shape index (κ3) is 5.21. The first kappa shape index (κ1) is 22.9. The van der Waals surface area contributed by atoms with E-state index in [1.54, 1.807) is 19.1 Å². The molecule has 0 bridgehead atoms. The van der Waals surface area contributed by atoms with Crippen LogP contribution in [0.5, 0.6) is 0 Å². The van der Waals surface area contributed by atoms with Crippen molar-refractivity contribution in [2.24, 2.45) is 0 Å². The molecule has 1 aliphatic rings. The summed E-state index contributed by atoms with van der Waals surface area (Å²) >= 11 is 0. The standard InChI is InChI=1S/C25H29F2N5O/c1-17-12-18(2)32(29-17)24-16-23(31-10-8-30(9-11-31)19(3)33)15-22(28-24)14-20-6-5-7-21(13-20)25(4,26)27/h5-7,12-13,15-16H,8-11,14H2,1-4H3. The van der Waals surface area contributed by atoms with Crippen LogP contribution in [0.25, 0.3) is 5.82 Å². The van der Waals surface area contributed by atoms with E-state index in [1.165, 1.54) is 6.07 Å². The number of halogens is 2. The van der Waals surface area contributed by atoms with Gasteiger partial charge < -0.3 is 9.80 Å². The maximum atomic E-state index is 13.8. The van der Waals surface area contributed by atoms with Crippen LogP contribution in [0.2, 0.25) is 0 Å². The molecule has 0 aliphatic carbocycles. The molecule has 1 amide bonds. The van der Waals surface area contributed by atoms with Crippen molar-refractivity contribution in [3.8, 4) is 5.82 Å². The molecule has 0 spiro atoms. The lowest BCUT2D eigenvalue weighted by molar-refractivity contribution is -0.129. The molecule has 1 aliphatic heterocycles. The minimum absolute atomic E-state index is 0.00437. The second-order valence-electron chi connectivity index (χ2n) is 8.77. The first-order chi connectivity index (χ1) is 15.6. The monoisotopic (exact) mass is 453 g/mol. The highest BCUT2D eigenvalue weighted by atomic mass is 19.3. The SMILES string of the molecule is CC(=O)N1CCN(c2cc(Cc3cccc(C(C)(F)F)c3)nc(-n3nc(C)cc3C)c2)CC1. The highest BCUT2D eigenvalue weighted by molar-refractivity contribution is 5.73. The fourth-order valence-electron chi connectivity index (χ4n) is 4.24. The minimum atomic E-state index is -2.89. The molecule has 0 unspecified atom stereocenters. The molecule has 0 saturated carbocycles. The number of amides is 1. The lowest BCUT2D eigenvalue weighted by Gasteiger charge is -2.36. The minimum Gasteiger partial charge on any atom is -0.368 e. The van der Waals surface area contributed by atoms with Gasteiger partial charge >= 0.3 is 0 Å². The summed E-state index contributed by atoms with van der Waals surface area (Å²) in [4.78, 5) is 20.6. The average Bonchev–Trinajstić information content (AvgIpc) is 3.11. The van der Waals surface area contributed by atoms with Gasteiger partial charge in [0.05, 0.1) is 5.69 Å². The number of carbonyl (C=O) groups excluding carboxylic acids is 1. The Hall–Kier alpha value is -3.29. The molecule has 3 heterocycles. The van der Waals surface area contributed by atoms with Crippen molar-refractivity contribution >= 4 is 11.6 Å². The van der Waals surface area contributed by atoms with Gasteiger partial charge in [0.1, 0.15) is 0 Å². The molecule has 1 saturated heterocycles. The van der Waals surface area contributed by atoms with Gasteiger partial charge in [0, 0.05) is 75.2 Å². The summed E-state index contributed by atoms with van der Waals surface area (Å²) in [7, 11) is 0. The topological polar surface area (TPSA) is 54.3 Å². The lowest BCUT2D eigenvalue weighted by Crippen LogP contribution is -2.48. The van der Waals surface area contributed by atoms with Crippen molar-refractivity contribution in [3.63, 3.8) is 0 Å². The molecule has 8 heteroatoms. The number of hydrogen-bond acceptors (Lipinski definition) is 4. The van der Waals surface area contributed by atoms with E-state index in [9.17, 15) is 13.6 Å². The highest BCUT2D eigenvalue weighted by Crippen LogP contribution is 2.28. The quantitative estimate of drug-likeness (QED) is 0.580. The van der Waals surface area contributed by atoms with Gasteiger partial charge in [-0.25, -0.2) is 18.4 Å². The number of anilines is 1. The van der Waals surface area contributed by atoms with Gasteiger partial charge in [0.15, 0.2) is 5.82 Å². The molecule has 6 nitrogen and oxygen atoms in total. The van der Waals surface area contributed by atoms with Gasteiger partial charge in [0.25, 0.3) is 5.92 Å². The zero-order valence-electron chi connectivity index (χ0n) is 19.5. The number of aryl methyl sites for hydroxylation is 2. The molecule has 174 valence electrons. The van der Waals surface area contributed by atoms with E-state index in [0.29, 0.717) is 25.3 Å². The van der Waals surface area contributed by atoms with E-state index in [-0.39, 0.29) is 11.5 Å². The van der Waals surface area contributed by atoms with Crippen molar-refractivity contribution in [1.29, 1.82) is 0 Å². The lowest BCUT2D eigenvalue weighted by atomic mass is 10.0. The van der Waals surface area contributed by atoms with Crippen molar-refractivity contribution in [2.45, 2.75) is 40.0 Å². The number of pyridine rings is 1. The highest BCUT2D eigenvalue weighted by Gasteiger charge is 2.24. The summed E-state index contributed by atoms with van der Waals surface area (Å²) in [6.07, 6.45) is 0.428. The molecule has 3 aromatic rings. The average molecular weight is 454 g/mol. The molecule has 2 aromatic heterocycles. The Morgan fingerprint density at radius 3 is 2.39 bits per heavy atom. The van der Waals surface area contributed by atoms with Crippen LogP contribution in [0.4, 0.5) is 14.5 Å². The maximum absolute atomic E-state index is 13.8. The van der Waals surface area contributed by atoms with Gasteiger partial charge in [0.2, 0.25) is 5.91 Å². The van der Waals surface area contributed by atoms with Gasteiger partial charge in [-0.1, -0.05) is 18.2 Å². The Bertz CT molecular complexity index is 1160. The second kappa shape index (κ2) is 8.92. The Morgan fingerprint density at radius 1 is 1.06 bits per heavy atom. The molecule has 1 fully saturated rings. The van der Waals surface area contributed by atoms with Gasteiger partial charge in [-0.3, -0.25) is 4.79 Å². The predicted octanol–water partition coefficient (Wildman–Crippen LogP) is 4.26. The molecular formula is C25H29F2N5O. The summed E-state index contributed by atoms with van der Waals surface area (Å²) in [6.45, 7) is 9.18.